The van der Waals surface area contributed by atoms with Crippen LogP contribution in [-0.2, 0) is 5.75 Å². The van der Waals surface area contributed by atoms with Crippen molar-refractivity contribution in [3.05, 3.63) is 35.4 Å². The van der Waals surface area contributed by atoms with Crippen molar-refractivity contribution in [1.29, 1.82) is 0 Å². The number of benzene rings is 1. The minimum absolute atomic E-state index is 0.0201. The fraction of sp³-hybridized carbons (Fsp3) is 0.400. The van der Waals surface area contributed by atoms with Crippen LogP contribution < -0.4 is 0 Å². The van der Waals surface area contributed by atoms with Gasteiger partial charge in [0, 0.05) is 5.75 Å². The molecule has 0 aliphatic heterocycles. The molecule has 1 aromatic carbocycles. The molecule has 0 spiro atoms. The Morgan fingerprint density at radius 3 is 2.64 bits per heavy atom. The first-order chi connectivity index (χ1) is 6.69. The monoisotopic (exact) mass is 232 g/mol. The van der Waals surface area contributed by atoms with Crippen LogP contribution in [0.3, 0.4) is 0 Å². The third-order valence-corrected chi connectivity index (χ3v) is 2.68. The normalized spacial score (nSPS) is 15.1. The summed E-state index contributed by atoms with van der Waals surface area (Å²) in [6.07, 6.45) is -1.85. The third kappa shape index (κ3) is 2.89. The lowest BCUT2D eigenvalue weighted by molar-refractivity contribution is 0.0327. The smallest absolute Gasteiger partial charge is 0.106 e. The van der Waals surface area contributed by atoms with Crippen LogP contribution in [0, 0.1) is 0 Å². The molecule has 2 nitrogen and oxygen atoms in total. The molecular weight excluding hydrogens is 220 g/mol. The Hall–Kier alpha value is -0.220. The maximum atomic E-state index is 9.65. The lowest BCUT2D eigenvalue weighted by Crippen LogP contribution is -2.19. The Bertz CT molecular complexity index is 293. The number of thiol groups is 1. The van der Waals surface area contributed by atoms with E-state index >= 15 is 0 Å². The molecule has 0 fully saturated rings. The minimum Gasteiger partial charge on any atom is -0.389 e. The van der Waals surface area contributed by atoms with Crippen molar-refractivity contribution in [1.82, 2.24) is 0 Å². The predicted molar refractivity (Wildman–Crippen MR) is 60.8 cm³/mol. The predicted octanol–water partition coefficient (Wildman–Crippen LogP) is 1.75. The fourth-order valence-electron chi connectivity index (χ4n) is 1.18. The zero-order chi connectivity index (χ0) is 10.6. The van der Waals surface area contributed by atoms with Crippen molar-refractivity contribution in [3.63, 3.8) is 0 Å². The van der Waals surface area contributed by atoms with E-state index in [4.69, 9.17) is 11.6 Å². The van der Waals surface area contributed by atoms with Crippen molar-refractivity contribution in [2.45, 2.75) is 18.0 Å². The summed E-state index contributed by atoms with van der Waals surface area (Å²) in [4.78, 5) is 0. The van der Waals surface area contributed by atoms with Crippen LogP contribution >= 0.6 is 24.2 Å². The molecular formula is C10H13ClO2S. The van der Waals surface area contributed by atoms with E-state index in [9.17, 15) is 10.2 Å². The standard InChI is InChI=1S/C10H13ClO2S/c11-5-9(12)10(13)8-3-1-2-7(4-8)6-14/h1-4,9-10,12-14H,5-6H2. The molecule has 2 atom stereocenters. The highest BCUT2D eigenvalue weighted by Crippen LogP contribution is 2.19. The van der Waals surface area contributed by atoms with Gasteiger partial charge in [0.1, 0.15) is 6.10 Å². The second kappa shape index (κ2) is 5.61. The summed E-state index contributed by atoms with van der Waals surface area (Å²) >= 11 is 9.58. The van der Waals surface area contributed by atoms with Crippen molar-refractivity contribution in [2.75, 3.05) is 5.88 Å². The first kappa shape index (κ1) is 11.9. The summed E-state index contributed by atoms with van der Waals surface area (Å²) < 4.78 is 0. The van der Waals surface area contributed by atoms with E-state index < -0.39 is 12.2 Å². The van der Waals surface area contributed by atoms with Crippen LogP contribution in [0.1, 0.15) is 17.2 Å². The van der Waals surface area contributed by atoms with Crippen LogP contribution in [0.25, 0.3) is 0 Å². The van der Waals surface area contributed by atoms with Gasteiger partial charge in [-0.3, -0.25) is 0 Å². The van der Waals surface area contributed by atoms with Gasteiger partial charge in [0.25, 0.3) is 0 Å². The van der Waals surface area contributed by atoms with Gasteiger partial charge in [0.2, 0.25) is 0 Å². The van der Waals surface area contributed by atoms with E-state index in [2.05, 4.69) is 12.6 Å². The number of alkyl halides is 1. The van der Waals surface area contributed by atoms with Crippen molar-refractivity contribution in [2.24, 2.45) is 0 Å². The molecule has 2 unspecified atom stereocenters. The number of hydrogen-bond donors (Lipinski definition) is 3. The Kier molecular flexibility index (Phi) is 4.75. The summed E-state index contributed by atoms with van der Waals surface area (Å²) in [5.41, 5.74) is 1.68. The number of halogens is 1. The number of aliphatic hydroxyl groups is 2. The maximum Gasteiger partial charge on any atom is 0.106 e. The highest BCUT2D eigenvalue weighted by molar-refractivity contribution is 7.79. The molecule has 0 aliphatic rings. The zero-order valence-electron chi connectivity index (χ0n) is 7.60. The lowest BCUT2D eigenvalue weighted by Gasteiger charge is -2.16. The molecule has 0 aliphatic carbocycles. The van der Waals surface area contributed by atoms with Gasteiger partial charge < -0.3 is 10.2 Å². The number of aliphatic hydroxyl groups excluding tert-OH is 2. The van der Waals surface area contributed by atoms with Crippen LogP contribution in [0.5, 0.6) is 0 Å². The first-order valence-electron chi connectivity index (χ1n) is 4.31. The molecule has 1 rings (SSSR count). The Labute approximate surface area is 93.9 Å². The third-order valence-electron chi connectivity index (χ3n) is 2.00. The molecule has 0 heterocycles. The van der Waals surface area contributed by atoms with Gasteiger partial charge in [0.15, 0.2) is 0 Å². The number of rotatable bonds is 4. The molecule has 0 radical (unpaired) electrons. The van der Waals surface area contributed by atoms with Crippen molar-refractivity contribution >= 4 is 24.2 Å². The Morgan fingerprint density at radius 1 is 1.36 bits per heavy atom. The molecule has 1 aromatic rings. The van der Waals surface area contributed by atoms with Crippen molar-refractivity contribution < 1.29 is 10.2 Å². The van der Waals surface area contributed by atoms with Crippen LogP contribution in [0.15, 0.2) is 24.3 Å². The Balaban J connectivity index is 2.83. The molecule has 0 saturated heterocycles. The van der Waals surface area contributed by atoms with E-state index in [-0.39, 0.29) is 5.88 Å². The average Bonchev–Trinajstić information content (AvgIpc) is 2.27. The van der Waals surface area contributed by atoms with Crippen LogP contribution in [-0.4, -0.2) is 22.2 Å². The van der Waals surface area contributed by atoms with Gasteiger partial charge in [-0.25, -0.2) is 0 Å². The minimum atomic E-state index is -0.924. The molecule has 0 bridgehead atoms. The maximum absolute atomic E-state index is 9.65. The van der Waals surface area contributed by atoms with Crippen molar-refractivity contribution in [3.8, 4) is 0 Å². The highest BCUT2D eigenvalue weighted by atomic mass is 35.5. The molecule has 2 N–H and O–H groups in total. The van der Waals surface area contributed by atoms with Crippen LogP contribution in [0.2, 0.25) is 0 Å². The van der Waals surface area contributed by atoms with E-state index in [0.29, 0.717) is 11.3 Å². The largest absolute Gasteiger partial charge is 0.389 e. The quantitative estimate of drug-likeness (QED) is 0.547. The van der Waals surface area contributed by atoms with Crippen LogP contribution in [0.4, 0.5) is 0 Å². The molecule has 0 amide bonds. The van der Waals surface area contributed by atoms with Gasteiger partial charge in [-0.15, -0.1) is 11.6 Å². The molecule has 4 heteroatoms. The zero-order valence-corrected chi connectivity index (χ0v) is 9.25. The molecule has 14 heavy (non-hydrogen) atoms. The topological polar surface area (TPSA) is 40.5 Å². The second-order valence-corrected chi connectivity index (χ2v) is 3.69. The summed E-state index contributed by atoms with van der Waals surface area (Å²) in [6.45, 7) is 0. The van der Waals surface area contributed by atoms with E-state index in [1.54, 1.807) is 6.07 Å². The van der Waals surface area contributed by atoms with Gasteiger partial charge in [-0.2, -0.15) is 12.6 Å². The summed E-state index contributed by atoms with van der Waals surface area (Å²) in [5.74, 6) is 0.629. The SMILES string of the molecule is OC(CCl)C(O)c1cccc(CS)c1. The lowest BCUT2D eigenvalue weighted by atomic mass is 10.0. The second-order valence-electron chi connectivity index (χ2n) is 3.07. The summed E-state index contributed by atoms with van der Waals surface area (Å²) in [7, 11) is 0. The first-order valence-corrected chi connectivity index (χ1v) is 5.47. The van der Waals surface area contributed by atoms with Gasteiger partial charge >= 0.3 is 0 Å². The number of hydrogen-bond acceptors (Lipinski definition) is 3. The highest BCUT2D eigenvalue weighted by Gasteiger charge is 2.16. The summed E-state index contributed by atoms with van der Waals surface area (Å²) in [6, 6.07) is 7.31. The van der Waals surface area contributed by atoms with Gasteiger partial charge in [0.05, 0.1) is 12.0 Å². The van der Waals surface area contributed by atoms with Gasteiger partial charge in [-0.1, -0.05) is 24.3 Å². The fourth-order valence-corrected chi connectivity index (χ4v) is 1.55. The molecule has 78 valence electrons. The summed E-state index contributed by atoms with van der Waals surface area (Å²) in [5, 5.41) is 19.0. The van der Waals surface area contributed by atoms with E-state index in [1.807, 2.05) is 18.2 Å². The average molecular weight is 233 g/mol. The molecule has 0 aromatic heterocycles. The van der Waals surface area contributed by atoms with E-state index in [0.717, 1.165) is 5.56 Å². The Morgan fingerprint density at radius 2 is 2.07 bits per heavy atom. The van der Waals surface area contributed by atoms with E-state index in [1.165, 1.54) is 0 Å². The van der Waals surface area contributed by atoms with Gasteiger partial charge in [-0.05, 0) is 11.1 Å². The molecule has 0 saturated carbocycles.